The van der Waals surface area contributed by atoms with Gasteiger partial charge < -0.3 is 15.5 Å². The lowest BCUT2D eigenvalue weighted by Gasteiger charge is -2.31. The number of amides is 1. The number of nitrogens with zero attached hydrogens (tertiary/aromatic N) is 1. The summed E-state index contributed by atoms with van der Waals surface area (Å²) in [5.74, 6) is 0.404. The molecular weight excluding hydrogens is 214 g/mol. The molecule has 1 aliphatic rings. The standard InChI is InChI=1S/C13H27N3O/c1-11(2)15-7-5-9-16-8-4-6-12(10-16)13(17)14-3/h11-12,15H,4-10H2,1-3H3,(H,14,17). The molecule has 4 nitrogen and oxygen atoms in total. The number of nitrogens with one attached hydrogen (secondary N) is 2. The van der Waals surface area contributed by atoms with Crippen LogP contribution in [0.2, 0.25) is 0 Å². The molecule has 0 bridgehead atoms. The first-order valence-electron chi connectivity index (χ1n) is 6.80. The number of carbonyl (C=O) groups is 1. The Morgan fingerprint density at radius 1 is 1.47 bits per heavy atom. The smallest absolute Gasteiger partial charge is 0.224 e. The molecular formula is C13H27N3O. The van der Waals surface area contributed by atoms with Crippen LogP contribution in [0.15, 0.2) is 0 Å². The first kappa shape index (κ1) is 14.5. The number of carbonyl (C=O) groups excluding carboxylic acids is 1. The van der Waals surface area contributed by atoms with Crippen LogP contribution in [0.25, 0.3) is 0 Å². The van der Waals surface area contributed by atoms with Gasteiger partial charge in [0.1, 0.15) is 0 Å². The molecule has 17 heavy (non-hydrogen) atoms. The topological polar surface area (TPSA) is 44.4 Å². The van der Waals surface area contributed by atoms with Crippen LogP contribution in [0, 0.1) is 5.92 Å². The molecule has 1 aliphatic heterocycles. The average Bonchev–Trinajstić information content (AvgIpc) is 2.34. The second-order valence-corrected chi connectivity index (χ2v) is 5.22. The maximum absolute atomic E-state index is 11.6. The van der Waals surface area contributed by atoms with E-state index >= 15 is 0 Å². The lowest BCUT2D eigenvalue weighted by Crippen LogP contribution is -2.43. The van der Waals surface area contributed by atoms with Crippen molar-refractivity contribution in [1.29, 1.82) is 0 Å². The zero-order chi connectivity index (χ0) is 12.7. The van der Waals surface area contributed by atoms with Gasteiger partial charge in [0.15, 0.2) is 0 Å². The van der Waals surface area contributed by atoms with Gasteiger partial charge in [-0.1, -0.05) is 13.8 Å². The number of hydrogen-bond acceptors (Lipinski definition) is 3. The van der Waals surface area contributed by atoms with Gasteiger partial charge in [-0.05, 0) is 38.9 Å². The van der Waals surface area contributed by atoms with Crippen molar-refractivity contribution in [2.24, 2.45) is 5.92 Å². The molecule has 100 valence electrons. The van der Waals surface area contributed by atoms with E-state index < -0.39 is 0 Å². The van der Waals surface area contributed by atoms with E-state index in [9.17, 15) is 4.79 Å². The van der Waals surface area contributed by atoms with Crippen LogP contribution in [0.4, 0.5) is 0 Å². The Labute approximate surface area is 105 Å². The van der Waals surface area contributed by atoms with Gasteiger partial charge in [0, 0.05) is 19.6 Å². The van der Waals surface area contributed by atoms with E-state index in [-0.39, 0.29) is 11.8 Å². The molecule has 1 unspecified atom stereocenters. The van der Waals surface area contributed by atoms with Gasteiger partial charge in [0.2, 0.25) is 5.91 Å². The van der Waals surface area contributed by atoms with E-state index in [1.807, 2.05) is 0 Å². The maximum atomic E-state index is 11.6. The normalized spacial score (nSPS) is 21.8. The third kappa shape index (κ3) is 5.50. The fourth-order valence-corrected chi connectivity index (χ4v) is 2.37. The number of hydrogen-bond donors (Lipinski definition) is 2. The Kier molecular flexibility index (Phi) is 6.52. The minimum Gasteiger partial charge on any atom is -0.359 e. The summed E-state index contributed by atoms with van der Waals surface area (Å²) < 4.78 is 0. The van der Waals surface area contributed by atoms with Crippen molar-refractivity contribution in [2.75, 3.05) is 33.2 Å². The number of rotatable bonds is 6. The molecule has 0 radical (unpaired) electrons. The summed E-state index contributed by atoms with van der Waals surface area (Å²) in [5, 5.41) is 6.18. The molecule has 1 rings (SSSR count). The molecule has 1 fully saturated rings. The van der Waals surface area contributed by atoms with Crippen LogP contribution < -0.4 is 10.6 Å². The van der Waals surface area contributed by atoms with Crippen molar-refractivity contribution in [3.8, 4) is 0 Å². The molecule has 0 aromatic heterocycles. The highest BCUT2D eigenvalue weighted by Gasteiger charge is 2.24. The summed E-state index contributed by atoms with van der Waals surface area (Å²) in [5.41, 5.74) is 0. The third-order valence-corrected chi connectivity index (χ3v) is 3.33. The maximum Gasteiger partial charge on any atom is 0.224 e. The molecule has 1 atom stereocenters. The van der Waals surface area contributed by atoms with Crippen LogP contribution in [-0.2, 0) is 4.79 Å². The lowest BCUT2D eigenvalue weighted by molar-refractivity contribution is -0.126. The van der Waals surface area contributed by atoms with Crippen molar-refractivity contribution in [3.05, 3.63) is 0 Å². The van der Waals surface area contributed by atoms with Crippen molar-refractivity contribution in [3.63, 3.8) is 0 Å². The van der Waals surface area contributed by atoms with E-state index in [1.165, 1.54) is 6.42 Å². The van der Waals surface area contributed by atoms with Gasteiger partial charge >= 0.3 is 0 Å². The van der Waals surface area contributed by atoms with Gasteiger partial charge in [-0.2, -0.15) is 0 Å². The van der Waals surface area contributed by atoms with E-state index in [0.29, 0.717) is 6.04 Å². The minimum absolute atomic E-state index is 0.201. The van der Waals surface area contributed by atoms with E-state index in [2.05, 4.69) is 29.4 Å². The molecule has 0 saturated carbocycles. The Hall–Kier alpha value is -0.610. The van der Waals surface area contributed by atoms with Gasteiger partial charge in [-0.25, -0.2) is 0 Å². The van der Waals surface area contributed by atoms with Crippen LogP contribution in [0.1, 0.15) is 33.1 Å². The molecule has 0 spiro atoms. The molecule has 4 heteroatoms. The fourth-order valence-electron chi connectivity index (χ4n) is 2.37. The van der Waals surface area contributed by atoms with Crippen molar-refractivity contribution >= 4 is 5.91 Å². The summed E-state index contributed by atoms with van der Waals surface area (Å²) in [6.07, 6.45) is 3.36. The molecule has 0 aromatic rings. The van der Waals surface area contributed by atoms with Gasteiger partial charge in [-0.3, -0.25) is 4.79 Å². The lowest BCUT2D eigenvalue weighted by atomic mass is 9.97. The molecule has 1 heterocycles. The van der Waals surface area contributed by atoms with Crippen LogP contribution in [-0.4, -0.2) is 50.1 Å². The summed E-state index contributed by atoms with van der Waals surface area (Å²) in [6, 6.07) is 0.565. The highest BCUT2D eigenvalue weighted by Crippen LogP contribution is 2.16. The predicted octanol–water partition coefficient (Wildman–Crippen LogP) is 0.833. The third-order valence-electron chi connectivity index (χ3n) is 3.33. The van der Waals surface area contributed by atoms with Crippen LogP contribution in [0.5, 0.6) is 0 Å². The van der Waals surface area contributed by atoms with Gasteiger partial charge in [0.25, 0.3) is 0 Å². The SMILES string of the molecule is CNC(=O)C1CCCN(CCCNC(C)C)C1. The zero-order valence-corrected chi connectivity index (χ0v) is 11.5. The molecule has 0 aromatic carbocycles. The highest BCUT2D eigenvalue weighted by atomic mass is 16.1. The van der Waals surface area contributed by atoms with Gasteiger partial charge in [-0.15, -0.1) is 0 Å². The summed E-state index contributed by atoms with van der Waals surface area (Å²) in [7, 11) is 1.73. The molecule has 0 aliphatic carbocycles. The second kappa shape index (κ2) is 7.67. The second-order valence-electron chi connectivity index (χ2n) is 5.22. The van der Waals surface area contributed by atoms with Gasteiger partial charge in [0.05, 0.1) is 5.92 Å². The predicted molar refractivity (Wildman–Crippen MR) is 71.0 cm³/mol. The number of piperidine rings is 1. The largest absolute Gasteiger partial charge is 0.359 e. The Morgan fingerprint density at radius 3 is 2.88 bits per heavy atom. The minimum atomic E-state index is 0.201. The Morgan fingerprint density at radius 2 is 2.24 bits per heavy atom. The van der Waals surface area contributed by atoms with E-state index in [0.717, 1.165) is 39.0 Å². The first-order valence-corrected chi connectivity index (χ1v) is 6.80. The molecule has 2 N–H and O–H groups in total. The quantitative estimate of drug-likeness (QED) is 0.677. The van der Waals surface area contributed by atoms with Crippen molar-refractivity contribution in [1.82, 2.24) is 15.5 Å². The fraction of sp³-hybridized carbons (Fsp3) is 0.923. The van der Waals surface area contributed by atoms with Crippen molar-refractivity contribution < 1.29 is 4.79 Å². The Balaban J connectivity index is 2.18. The van der Waals surface area contributed by atoms with Crippen molar-refractivity contribution in [2.45, 2.75) is 39.2 Å². The molecule has 1 amide bonds. The number of likely N-dealkylation sites (tertiary alicyclic amines) is 1. The monoisotopic (exact) mass is 241 g/mol. The first-order chi connectivity index (χ1) is 8.13. The summed E-state index contributed by atoms with van der Waals surface area (Å²) >= 11 is 0. The van der Waals surface area contributed by atoms with E-state index in [4.69, 9.17) is 0 Å². The summed E-state index contributed by atoms with van der Waals surface area (Å²) in [6.45, 7) is 8.59. The van der Waals surface area contributed by atoms with E-state index in [1.54, 1.807) is 7.05 Å². The average molecular weight is 241 g/mol. The highest BCUT2D eigenvalue weighted by molar-refractivity contribution is 5.78. The summed E-state index contributed by atoms with van der Waals surface area (Å²) in [4.78, 5) is 14.0. The van der Waals surface area contributed by atoms with Crippen LogP contribution in [0.3, 0.4) is 0 Å². The molecule has 1 saturated heterocycles. The van der Waals surface area contributed by atoms with Crippen LogP contribution >= 0.6 is 0 Å². The Bertz CT molecular complexity index is 231. The zero-order valence-electron chi connectivity index (χ0n) is 11.5.